The number of ether oxygens (including phenoxy) is 2. The summed E-state index contributed by atoms with van der Waals surface area (Å²) in [7, 11) is 1.57. The first-order chi connectivity index (χ1) is 11.7. The minimum absolute atomic E-state index is 0.0725. The third-order valence-electron chi connectivity index (χ3n) is 3.46. The van der Waals surface area contributed by atoms with Crippen molar-refractivity contribution in [2.45, 2.75) is 19.8 Å². The third-order valence-corrected chi connectivity index (χ3v) is 3.46. The lowest BCUT2D eigenvalue weighted by Gasteiger charge is -2.11. The van der Waals surface area contributed by atoms with Gasteiger partial charge in [-0.25, -0.2) is 0 Å². The van der Waals surface area contributed by atoms with Crippen molar-refractivity contribution < 1.29 is 14.3 Å². The monoisotopic (exact) mass is 328 g/mol. The first-order valence-corrected chi connectivity index (χ1v) is 8.12. The van der Waals surface area contributed by atoms with Crippen LogP contribution in [0.3, 0.4) is 0 Å². The van der Waals surface area contributed by atoms with E-state index < -0.39 is 0 Å². The van der Waals surface area contributed by atoms with Gasteiger partial charge in [0.05, 0.1) is 7.11 Å². The lowest BCUT2D eigenvalue weighted by molar-refractivity contribution is -0.118. The molecule has 0 fully saturated rings. The number of amides is 1. The van der Waals surface area contributed by atoms with E-state index in [2.05, 4.69) is 17.6 Å². The Kier molecular flexibility index (Phi) is 6.95. The first-order valence-electron chi connectivity index (χ1n) is 8.12. The predicted octanol–water partition coefficient (Wildman–Crippen LogP) is 3.92. The quantitative estimate of drug-likeness (QED) is 0.685. The number of hydrogen-bond acceptors (Lipinski definition) is 4. The average Bonchev–Trinajstić information content (AvgIpc) is 2.62. The number of rotatable bonds is 9. The number of benzene rings is 2. The molecule has 2 rings (SSSR count). The standard InChI is InChI=1S/C19H24N2O3/c1-3-4-13-20-15-9-11-16(12-10-15)21-19(22)14-24-18-8-6-5-7-17(18)23-2/h5-12,20H,3-4,13-14H2,1-2H3,(H,21,22). The second kappa shape index (κ2) is 9.45. The molecule has 0 unspecified atom stereocenters. The van der Waals surface area contributed by atoms with E-state index in [1.165, 1.54) is 0 Å². The fraction of sp³-hybridized carbons (Fsp3) is 0.316. The number of para-hydroxylation sites is 2. The zero-order valence-electron chi connectivity index (χ0n) is 14.2. The molecule has 0 bridgehead atoms. The van der Waals surface area contributed by atoms with E-state index in [9.17, 15) is 4.79 Å². The van der Waals surface area contributed by atoms with Crippen LogP contribution >= 0.6 is 0 Å². The molecular weight excluding hydrogens is 304 g/mol. The molecule has 0 radical (unpaired) electrons. The molecule has 5 heteroatoms. The number of carbonyl (C=O) groups is 1. The molecular formula is C19H24N2O3. The van der Waals surface area contributed by atoms with Crippen LogP contribution in [0.15, 0.2) is 48.5 Å². The number of unbranched alkanes of at least 4 members (excludes halogenated alkanes) is 1. The van der Waals surface area contributed by atoms with Gasteiger partial charge in [0.15, 0.2) is 18.1 Å². The number of hydrogen-bond donors (Lipinski definition) is 2. The van der Waals surface area contributed by atoms with E-state index in [4.69, 9.17) is 9.47 Å². The molecule has 0 spiro atoms. The fourth-order valence-electron chi connectivity index (χ4n) is 2.16. The van der Waals surface area contributed by atoms with E-state index in [1.807, 2.05) is 36.4 Å². The van der Waals surface area contributed by atoms with E-state index in [0.717, 1.165) is 30.8 Å². The highest BCUT2D eigenvalue weighted by atomic mass is 16.5. The topological polar surface area (TPSA) is 59.6 Å². The summed E-state index contributed by atoms with van der Waals surface area (Å²) in [6.45, 7) is 3.04. The normalized spacial score (nSPS) is 10.1. The van der Waals surface area contributed by atoms with Crippen molar-refractivity contribution in [3.05, 3.63) is 48.5 Å². The average molecular weight is 328 g/mol. The van der Waals surface area contributed by atoms with E-state index in [-0.39, 0.29) is 12.5 Å². The molecule has 5 nitrogen and oxygen atoms in total. The van der Waals surface area contributed by atoms with Gasteiger partial charge in [-0.1, -0.05) is 25.5 Å². The Morgan fingerprint density at radius 2 is 1.67 bits per heavy atom. The van der Waals surface area contributed by atoms with Gasteiger partial charge in [0, 0.05) is 17.9 Å². The van der Waals surface area contributed by atoms with Crippen molar-refractivity contribution in [1.82, 2.24) is 0 Å². The van der Waals surface area contributed by atoms with Crippen LogP contribution in [0.2, 0.25) is 0 Å². The van der Waals surface area contributed by atoms with Crippen LogP contribution in [0.1, 0.15) is 19.8 Å². The van der Waals surface area contributed by atoms with Crippen molar-refractivity contribution in [3.63, 3.8) is 0 Å². The van der Waals surface area contributed by atoms with Crippen molar-refractivity contribution in [2.24, 2.45) is 0 Å². The van der Waals surface area contributed by atoms with Gasteiger partial charge in [0.1, 0.15) is 0 Å². The van der Waals surface area contributed by atoms with Crippen molar-refractivity contribution in [2.75, 3.05) is 30.9 Å². The van der Waals surface area contributed by atoms with Crippen molar-refractivity contribution in [3.8, 4) is 11.5 Å². The molecule has 0 saturated heterocycles. The molecule has 1 amide bonds. The maximum absolute atomic E-state index is 12.0. The van der Waals surface area contributed by atoms with Crippen LogP contribution in [0, 0.1) is 0 Å². The molecule has 0 aromatic heterocycles. The number of nitrogens with one attached hydrogen (secondary N) is 2. The van der Waals surface area contributed by atoms with Crippen LogP contribution < -0.4 is 20.1 Å². The summed E-state index contributed by atoms with van der Waals surface area (Å²) in [6, 6.07) is 14.9. The lowest BCUT2D eigenvalue weighted by Crippen LogP contribution is -2.20. The largest absolute Gasteiger partial charge is 0.493 e. The summed E-state index contributed by atoms with van der Waals surface area (Å²) in [5, 5.41) is 6.15. The summed E-state index contributed by atoms with van der Waals surface area (Å²) in [5.74, 6) is 0.936. The predicted molar refractivity (Wildman–Crippen MR) is 97.0 cm³/mol. The van der Waals surface area contributed by atoms with Gasteiger partial charge in [-0.15, -0.1) is 0 Å². The van der Waals surface area contributed by atoms with Crippen LogP contribution in [-0.2, 0) is 4.79 Å². The maximum Gasteiger partial charge on any atom is 0.262 e. The Morgan fingerprint density at radius 3 is 2.33 bits per heavy atom. The van der Waals surface area contributed by atoms with Gasteiger partial charge in [0.2, 0.25) is 0 Å². The molecule has 24 heavy (non-hydrogen) atoms. The minimum Gasteiger partial charge on any atom is -0.493 e. The number of carbonyl (C=O) groups excluding carboxylic acids is 1. The highest BCUT2D eigenvalue weighted by Gasteiger charge is 2.07. The van der Waals surface area contributed by atoms with E-state index >= 15 is 0 Å². The molecule has 0 aliphatic heterocycles. The highest BCUT2D eigenvalue weighted by molar-refractivity contribution is 5.92. The molecule has 2 aromatic rings. The minimum atomic E-state index is -0.215. The Bertz CT molecular complexity index is 641. The molecule has 0 saturated carbocycles. The summed E-state index contributed by atoms with van der Waals surface area (Å²) in [6.07, 6.45) is 2.30. The van der Waals surface area contributed by atoms with Gasteiger partial charge < -0.3 is 20.1 Å². The van der Waals surface area contributed by atoms with Gasteiger partial charge in [-0.3, -0.25) is 4.79 Å². The summed E-state index contributed by atoms with van der Waals surface area (Å²) >= 11 is 0. The van der Waals surface area contributed by atoms with Crippen molar-refractivity contribution >= 4 is 17.3 Å². The highest BCUT2D eigenvalue weighted by Crippen LogP contribution is 2.25. The molecule has 2 aromatic carbocycles. The van der Waals surface area contributed by atoms with E-state index in [1.54, 1.807) is 19.2 Å². The van der Waals surface area contributed by atoms with Crippen molar-refractivity contribution in [1.29, 1.82) is 0 Å². The zero-order valence-corrected chi connectivity index (χ0v) is 14.2. The Morgan fingerprint density at radius 1 is 1.00 bits per heavy atom. The van der Waals surface area contributed by atoms with Gasteiger partial charge in [0.25, 0.3) is 5.91 Å². The Hall–Kier alpha value is -2.69. The second-order valence-electron chi connectivity index (χ2n) is 5.35. The van der Waals surface area contributed by atoms with E-state index in [0.29, 0.717) is 11.5 Å². The summed E-state index contributed by atoms with van der Waals surface area (Å²) in [4.78, 5) is 12.0. The molecule has 0 aliphatic rings. The molecule has 0 heterocycles. The molecule has 0 atom stereocenters. The first kappa shape index (κ1) is 17.7. The van der Waals surface area contributed by atoms with Crippen LogP contribution in [0.5, 0.6) is 11.5 Å². The fourth-order valence-corrected chi connectivity index (χ4v) is 2.16. The zero-order chi connectivity index (χ0) is 17.2. The van der Waals surface area contributed by atoms with Crippen LogP contribution in [-0.4, -0.2) is 26.2 Å². The Balaban J connectivity index is 1.81. The Labute approximate surface area is 143 Å². The van der Waals surface area contributed by atoms with Gasteiger partial charge >= 0.3 is 0 Å². The molecule has 2 N–H and O–H groups in total. The van der Waals surface area contributed by atoms with Gasteiger partial charge in [-0.05, 0) is 42.8 Å². The number of anilines is 2. The molecule has 0 aliphatic carbocycles. The van der Waals surface area contributed by atoms with Gasteiger partial charge in [-0.2, -0.15) is 0 Å². The smallest absolute Gasteiger partial charge is 0.262 e. The second-order valence-corrected chi connectivity index (χ2v) is 5.35. The summed E-state index contributed by atoms with van der Waals surface area (Å²) in [5.41, 5.74) is 1.79. The number of methoxy groups -OCH3 is 1. The van der Waals surface area contributed by atoms with Crippen LogP contribution in [0.25, 0.3) is 0 Å². The maximum atomic E-state index is 12.0. The third kappa shape index (κ3) is 5.50. The van der Waals surface area contributed by atoms with Crippen LogP contribution in [0.4, 0.5) is 11.4 Å². The summed E-state index contributed by atoms with van der Waals surface area (Å²) < 4.78 is 10.7. The lowest BCUT2D eigenvalue weighted by atomic mass is 10.2. The molecule has 128 valence electrons. The SMILES string of the molecule is CCCCNc1ccc(NC(=O)COc2ccccc2OC)cc1.